The number of hydrogen-bond donors (Lipinski definition) is 2. The van der Waals surface area contributed by atoms with Crippen molar-refractivity contribution >= 4 is 28.9 Å². The van der Waals surface area contributed by atoms with Gasteiger partial charge in [0.2, 0.25) is 5.91 Å². The van der Waals surface area contributed by atoms with E-state index in [0.717, 1.165) is 5.56 Å². The van der Waals surface area contributed by atoms with Gasteiger partial charge in [0.05, 0.1) is 29.8 Å². The molecule has 8 heteroatoms. The van der Waals surface area contributed by atoms with Crippen molar-refractivity contribution in [3.8, 4) is 5.75 Å². The largest absolute Gasteiger partial charge is 0.494 e. The van der Waals surface area contributed by atoms with E-state index in [0.29, 0.717) is 10.7 Å². The maximum Gasteiger partial charge on any atom is 0.273 e. The van der Waals surface area contributed by atoms with E-state index >= 15 is 0 Å². The number of hydrogen-bond acceptors (Lipinski definition) is 5. The maximum absolute atomic E-state index is 12.4. The fourth-order valence-electron chi connectivity index (χ4n) is 2.44. The lowest BCUT2D eigenvalue weighted by Crippen LogP contribution is -2.39. The van der Waals surface area contributed by atoms with Crippen LogP contribution in [0, 0.1) is 10.1 Å². The number of carbonyl (C=O) groups excluding carboxylic acids is 1. The minimum absolute atomic E-state index is 0.0632. The van der Waals surface area contributed by atoms with Crippen LogP contribution in [0.15, 0.2) is 42.5 Å². The third kappa shape index (κ3) is 4.93. The number of anilines is 1. The monoisotopic (exact) mass is 377 g/mol. The molecular weight excluding hydrogens is 358 g/mol. The fraction of sp³-hybridized carbons (Fsp3) is 0.278. The average molecular weight is 378 g/mol. The molecule has 2 N–H and O–H groups in total. The number of rotatable bonds is 7. The van der Waals surface area contributed by atoms with Gasteiger partial charge in [-0.1, -0.05) is 23.7 Å². The number of carbonyl (C=O) groups is 1. The van der Waals surface area contributed by atoms with Gasteiger partial charge in [0.1, 0.15) is 5.75 Å². The first-order valence-electron chi connectivity index (χ1n) is 7.96. The van der Waals surface area contributed by atoms with E-state index in [9.17, 15) is 14.9 Å². The highest BCUT2D eigenvalue weighted by Crippen LogP contribution is 2.29. The lowest BCUT2D eigenvalue weighted by atomic mass is 10.1. The Morgan fingerprint density at radius 2 is 1.85 bits per heavy atom. The van der Waals surface area contributed by atoms with Crippen LogP contribution in [0.25, 0.3) is 0 Å². The van der Waals surface area contributed by atoms with E-state index in [-0.39, 0.29) is 23.4 Å². The predicted octanol–water partition coefficient (Wildman–Crippen LogP) is 3.93. The summed E-state index contributed by atoms with van der Waals surface area (Å²) in [5.41, 5.74) is 1.26. The zero-order valence-electron chi connectivity index (χ0n) is 14.7. The SMILES string of the molecule is COc1cc([N+](=O)[O-])ccc1NC(=O)[C@@H](C)N[C@@H](C)c1ccc(Cl)cc1. The molecule has 0 saturated heterocycles. The van der Waals surface area contributed by atoms with Crippen molar-refractivity contribution in [2.75, 3.05) is 12.4 Å². The number of non-ortho nitro benzene ring substituents is 1. The number of amides is 1. The van der Waals surface area contributed by atoms with Crippen LogP contribution in [0.3, 0.4) is 0 Å². The summed E-state index contributed by atoms with van der Waals surface area (Å²) in [6.45, 7) is 3.68. The second kappa shape index (κ2) is 8.64. The lowest BCUT2D eigenvalue weighted by Gasteiger charge is -2.20. The van der Waals surface area contributed by atoms with E-state index in [1.807, 2.05) is 19.1 Å². The Balaban J connectivity index is 2.04. The molecule has 0 bridgehead atoms. The van der Waals surface area contributed by atoms with Gasteiger partial charge in [0.15, 0.2) is 0 Å². The topological polar surface area (TPSA) is 93.5 Å². The Morgan fingerprint density at radius 1 is 1.19 bits per heavy atom. The van der Waals surface area contributed by atoms with Crippen molar-refractivity contribution in [1.29, 1.82) is 0 Å². The Labute approximate surface area is 156 Å². The van der Waals surface area contributed by atoms with Gasteiger partial charge in [0, 0.05) is 17.1 Å². The molecule has 2 aromatic carbocycles. The summed E-state index contributed by atoms with van der Waals surface area (Å²) in [5, 5.41) is 17.4. The third-order valence-electron chi connectivity index (χ3n) is 3.92. The van der Waals surface area contributed by atoms with Crippen molar-refractivity contribution in [2.24, 2.45) is 0 Å². The molecule has 0 unspecified atom stereocenters. The minimum atomic E-state index is -0.522. The molecule has 0 heterocycles. The Bertz CT molecular complexity index is 796. The van der Waals surface area contributed by atoms with Crippen molar-refractivity contribution in [2.45, 2.75) is 25.9 Å². The molecule has 138 valence electrons. The highest BCUT2D eigenvalue weighted by molar-refractivity contribution is 6.30. The van der Waals surface area contributed by atoms with Gasteiger partial charge in [-0.05, 0) is 37.6 Å². The lowest BCUT2D eigenvalue weighted by molar-refractivity contribution is -0.384. The molecule has 0 aliphatic carbocycles. The molecule has 0 aromatic heterocycles. The standard InChI is InChI=1S/C18H20ClN3O4/c1-11(13-4-6-14(19)7-5-13)20-12(2)18(23)21-16-9-8-15(22(24)25)10-17(16)26-3/h4-12,20H,1-3H3,(H,21,23)/t11-,12+/m0/s1. The average Bonchev–Trinajstić information content (AvgIpc) is 2.62. The first-order chi connectivity index (χ1) is 12.3. The minimum Gasteiger partial charge on any atom is -0.494 e. The van der Waals surface area contributed by atoms with Crippen molar-refractivity contribution in [1.82, 2.24) is 5.32 Å². The van der Waals surface area contributed by atoms with Crippen LogP contribution in [0.5, 0.6) is 5.75 Å². The van der Waals surface area contributed by atoms with E-state index in [2.05, 4.69) is 10.6 Å². The van der Waals surface area contributed by atoms with Gasteiger partial charge < -0.3 is 10.1 Å². The molecule has 26 heavy (non-hydrogen) atoms. The van der Waals surface area contributed by atoms with Crippen LogP contribution in [-0.2, 0) is 4.79 Å². The number of nitro benzene ring substituents is 1. The molecule has 1 amide bonds. The van der Waals surface area contributed by atoms with Gasteiger partial charge >= 0.3 is 0 Å². The van der Waals surface area contributed by atoms with Gasteiger partial charge in [-0.15, -0.1) is 0 Å². The number of nitrogens with zero attached hydrogens (tertiary/aromatic N) is 1. The summed E-state index contributed by atoms with van der Waals surface area (Å²) in [5.74, 6) is -0.0523. The second-order valence-corrected chi connectivity index (χ2v) is 6.23. The molecule has 2 aromatic rings. The van der Waals surface area contributed by atoms with Crippen LogP contribution in [-0.4, -0.2) is 24.0 Å². The van der Waals surface area contributed by atoms with Crippen molar-refractivity contribution in [3.63, 3.8) is 0 Å². The number of halogens is 1. The molecule has 0 aliphatic rings. The quantitative estimate of drug-likeness (QED) is 0.563. The van der Waals surface area contributed by atoms with Crippen LogP contribution in [0.1, 0.15) is 25.5 Å². The Kier molecular flexibility index (Phi) is 6.54. The number of benzene rings is 2. The van der Waals surface area contributed by atoms with Crippen LogP contribution >= 0.6 is 11.6 Å². The summed E-state index contributed by atoms with van der Waals surface area (Å²) < 4.78 is 5.13. The van der Waals surface area contributed by atoms with Crippen molar-refractivity contribution < 1.29 is 14.5 Å². The molecule has 0 saturated carbocycles. The summed E-state index contributed by atoms with van der Waals surface area (Å²) in [6, 6.07) is 10.8. The highest BCUT2D eigenvalue weighted by Gasteiger charge is 2.19. The van der Waals surface area contributed by atoms with Gasteiger partial charge in [-0.25, -0.2) is 0 Å². The van der Waals surface area contributed by atoms with Crippen molar-refractivity contribution in [3.05, 3.63) is 63.2 Å². The van der Waals surface area contributed by atoms with E-state index < -0.39 is 11.0 Å². The Morgan fingerprint density at radius 3 is 2.42 bits per heavy atom. The number of methoxy groups -OCH3 is 1. The number of nitrogens with one attached hydrogen (secondary N) is 2. The zero-order valence-corrected chi connectivity index (χ0v) is 15.4. The summed E-state index contributed by atoms with van der Waals surface area (Å²) >= 11 is 5.88. The molecule has 0 aliphatic heterocycles. The van der Waals surface area contributed by atoms with E-state index in [1.54, 1.807) is 19.1 Å². The maximum atomic E-state index is 12.4. The van der Waals surface area contributed by atoms with Gasteiger partial charge in [0.25, 0.3) is 5.69 Å². The second-order valence-electron chi connectivity index (χ2n) is 5.79. The normalized spacial score (nSPS) is 12.9. The molecule has 0 spiro atoms. The molecule has 2 atom stereocenters. The molecule has 0 radical (unpaired) electrons. The van der Waals surface area contributed by atoms with Gasteiger partial charge in [-0.2, -0.15) is 0 Å². The van der Waals surface area contributed by atoms with Gasteiger partial charge in [-0.3, -0.25) is 20.2 Å². The fourth-order valence-corrected chi connectivity index (χ4v) is 2.56. The summed E-state index contributed by atoms with van der Waals surface area (Å²) in [7, 11) is 1.39. The third-order valence-corrected chi connectivity index (χ3v) is 4.17. The smallest absolute Gasteiger partial charge is 0.273 e. The van der Waals surface area contributed by atoms with E-state index in [1.165, 1.54) is 25.3 Å². The number of ether oxygens (including phenoxy) is 1. The van der Waals surface area contributed by atoms with Crippen LogP contribution in [0.4, 0.5) is 11.4 Å². The van der Waals surface area contributed by atoms with Crippen LogP contribution in [0.2, 0.25) is 5.02 Å². The molecule has 0 fully saturated rings. The molecule has 2 rings (SSSR count). The predicted molar refractivity (Wildman–Crippen MR) is 101 cm³/mol. The molecule has 7 nitrogen and oxygen atoms in total. The summed E-state index contributed by atoms with van der Waals surface area (Å²) in [6.07, 6.45) is 0. The Hall–Kier alpha value is -2.64. The number of nitro groups is 1. The highest BCUT2D eigenvalue weighted by atomic mass is 35.5. The zero-order chi connectivity index (χ0) is 19.3. The molecular formula is C18H20ClN3O4. The van der Waals surface area contributed by atoms with Crippen LogP contribution < -0.4 is 15.4 Å². The van der Waals surface area contributed by atoms with E-state index in [4.69, 9.17) is 16.3 Å². The first kappa shape index (κ1) is 19.7. The first-order valence-corrected chi connectivity index (χ1v) is 8.34. The summed E-state index contributed by atoms with van der Waals surface area (Å²) in [4.78, 5) is 22.7.